The number of aliphatic imine (C=N–C) groups is 1. The first-order valence-electron chi connectivity index (χ1n) is 6.92. The first kappa shape index (κ1) is 19.0. The summed E-state index contributed by atoms with van der Waals surface area (Å²) in [5, 5.41) is 11.7. The Kier molecular flexibility index (Phi) is 8.85. The first-order chi connectivity index (χ1) is 9.78. The van der Waals surface area contributed by atoms with Crippen LogP contribution in [-0.2, 0) is 4.74 Å². The topological polar surface area (TPSA) is 70.9 Å². The Morgan fingerprint density at radius 2 is 2.05 bits per heavy atom. The molecule has 5 nitrogen and oxygen atoms in total. The highest BCUT2D eigenvalue weighted by molar-refractivity contribution is 5.73. The van der Waals surface area contributed by atoms with E-state index in [4.69, 9.17) is 9.84 Å². The number of hydrogen-bond donors (Lipinski definition) is 2. The van der Waals surface area contributed by atoms with E-state index in [-0.39, 0.29) is 0 Å². The fourth-order valence-electron chi connectivity index (χ4n) is 1.20. The Morgan fingerprint density at radius 3 is 2.57 bits per heavy atom. The molecule has 118 valence electrons. The fraction of sp³-hybridized carbons (Fsp3) is 0.500. The number of amides is 1. The van der Waals surface area contributed by atoms with Gasteiger partial charge in [0.25, 0.3) is 0 Å². The van der Waals surface area contributed by atoms with Gasteiger partial charge < -0.3 is 15.2 Å². The Balaban J connectivity index is 4.16. The summed E-state index contributed by atoms with van der Waals surface area (Å²) in [5.41, 5.74) is 1.09. The molecule has 0 atom stereocenters. The molecule has 0 aliphatic carbocycles. The number of aliphatic hydroxyl groups is 1. The SMILES string of the molecule is C/C=C(C)/C=C/C=N/C(=C\O)CCNC(=O)OC(C)(C)C. The minimum absolute atomic E-state index is 0.344. The molecule has 0 heterocycles. The Labute approximate surface area is 127 Å². The molecule has 2 N–H and O–H groups in total. The van der Waals surface area contributed by atoms with Crippen LogP contribution in [0.1, 0.15) is 41.0 Å². The summed E-state index contributed by atoms with van der Waals surface area (Å²) in [6.45, 7) is 9.69. The molecule has 0 radical (unpaired) electrons. The molecule has 0 unspecified atom stereocenters. The van der Waals surface area contributed by atoms with E-state index in [0.29, 0.717) is 18.7 Å². The van der Waals surface area contributed by atoms with Crippen molar-refractivity contribution in [1.29, 1.82) is 0 Å². The van der Waals surface area contributed by atoms with Crippen LogP contribution >= 0.6 is 0 Å². The van der Waals surface area contributed by atoms with Crippen molar-refractivity contribution in [2.75, 3.05) is 6.54 Å². The number of allylic oxidation sites excluding steroid dienone is 4. The molecular formula is C16H26N2O3. The average molecular weight is 294 g/mol. The number of aliphatic hydroxyl groups excluding tert-OH is 1. The predicted octanol–water partition coefficient (Wildman–Crippen LogP) is 3.89. The largest absolute Gasteiger partial charge is 0.514 e. The molecule has 0 saturated heterocycles. The molecule has 0 aliphatic rings. The van der Waals surface area contributed by atoms with Crippen molar-refractivity contribution < 1.29 is 14.6 Å². The zero-order valence-corrected chi connectivity index (χ0v) is 13.5. The third-order valence-corrected chi connectivity index (χ3v) is 2.34. The maximum Gasteiger partial charge on any atom is 0.407 e. The van der Waals surface area contributed by atoms with Gasteiger partial charge in [-0.1, -0.05) is 17.7 Å². The summed E-state index contributed by atoms with van der Waals surface area (Å²) in [5.74, 6) is 0. The molecule has 0 aromatic heterocycles. The Hall–Kier alpha value is -2.04. The number of rotatable bonds is 6. The zero-order chi connectivity index (χ0) is 16.3. The second kappa shape index (κ2) is 9.80. The van der Waals surface area contributed by atoms with Crippen LogP contribution in [0.2, 0.25) is 0 Å². The molecule has 0 aromatic rings. The van der Waals surface area contributed by atoms with E-state index in [1.165, 1.54) is 0 Å². The number of nitrogens with zero attached hydrogens (tertiary/aromatic N) is 1. The molecular weight excluding hydrogens is 268 g/mol. The van der Waals surface area contributed by atoms with Crippen LogP contribution in [-0.4, -0.2) is 29.6 Å². The van der Waals surface area contributed by atoms with Crippen LogP contribution in [0.5, 0.6) is 0 Å². The van der Waals surface area contributed by atoms with E-state index < -0.39 is 11.7 Å². The van der Waals surface area contributed by atoms with Gasteiger partial charge in [0.05, 0.1) is 5.70 Å². The van der Waals surface area contributed by atoms with E-state index in [1.807, 2.05) is 26.0 Å². The standard InChI is InChI=1S/C16H26N2O3/c1-6-13(2)8-7-10-17-14(12-19)9-11-18-15(20)21-16(3,4)5/h6-8,10,12,19H,9,11H2,1-5H3,(H,18,20)/b8-7+,13-6+,14-12-,17-10+. The lowest BCUT2D eigenvalue weighted by Crippen LogP contribution is -2.33. The van der Waals surface area contributed by atoms with Crippen molar-refractivity contribution in [2.24, 2.45) is 4.99 Å². The predicted molar refractivity (Wildman–Crippen MR) is 86.6 cm³/mol. The van der Waals surface area contributed by atoms with Crippen LogP contribution in [0.15, 0.2) is 40.8 Å². The highest BCUT2D eigenvalue weighted by Crippen LogP contribution is 2.07. The van der Waals surface area contributed by atoms with Crippen molar-refractivity contribution in [1.82, 2.24) is 5.32 Å². The molecule has 0 aliphatic heterocycles. The molecule has 5 heteroatoms. The molecule has 0 saturated carbocycles. The summed E-state index contributed by atoms with van der Waals surface area (Å²) >= 11 is 0. The van der Waals surface area contributed by atoms with Crippen molar-refractivity contribution in [3.05, 3.63) is 35.8 Å². The lowest BCUT2D eigenvalue weighted by atomic mass is 10.2. The van der Waals surface area contributed by atoms with E-state index in [9.17, 15) is 4.79 Å². The van der Waals surface area contributed by atoms with E-state index in [1.54, 1.807) is 33.1 Å². The summed E-state index contributed by atoms with van der Waals surface area (Å²) in [6, 6.07) is 0. The average Bonchev–Trinajstić information content (AvgIpc) is 2.39. The van der Waals surface area contributed by atoms with Gasteiger partial charge in [0.1, 0.15) is 11.9 Å². The number of carbonyl (C=O) groups excluding carboxylic acids is 1. The third kappa shape index (κ3) is 11.5. The van der Waals surface area contributed by atoms with Crippen LogP contribution in [0.3, 0.4) is 0 Å². The highest BCUT2D eigenvalue weighted by Gasteiger charge is 2.15. The molecule has 0 spiro atoms. The Bertz CT molecular complexity index is 441. The van der Waals surface area contributed by atoms with Gasteiger partial charge >= 0.3 is 6.09 Å². The second-order valence-corrected chi connectivity index (χ2v) is 5.47. The minimum atomic E-state index is -0.521. The first-order valence-corrected chi connectivity index (χ1v) is 6.92. The van der Waals surface area contributed by atoms with Crippen LogP contribution in [0, 0.1) is 0 Å². The normalized spacial score (nSPS) is 14.0. The molecule has 21 heavy (non-hydrogen) atoms. The summed E-state index contributed by atoms with van der Waals surface area (Å²) in [7, 11) is 0. The van der Waals surface area contributed by atoms with Gasteiger partial charge in [-0.05, 0) is 40.7 Å². The van der Waals surface area contributed by atoms with E-state index in [0.717, 1.165) is 11.8 Å². The molecule has 1 amide bonds. The van der Waals surface area contributed by atoms with Crippen molar-refractivity contribution in [3.8, 4) is 0 Å². The van der Waals surface area contributed by atoms with Gasteiger partial charge in [-0.2, -0.15) is 0 Å². The van der Waals surface area contributed by atoms with Crippen LogP contribution in [0.4, 0.5) is 4.79 Å². The third-order valence-electron chi connectivity index (χ3n) is 2.34. The quantitative estimate of drug-likeness (QED) is 0.443. The van der Waals surface area contributed by atoms with Gasteiger partial charge in [0, 0.05) is 19.2 Å². The van der Waals surface area contributed by atoms with Gasteiger partial charge in [0.2, 0.25) is 0 Å². The zero-order valence-electron chi connectivity index (χ0n) is 13.5. The minimum Gasteiger partial charge on any atom is -0.514 e. The van der Waals surface area contributed by atoms with Crippen LogP contribution < -0.4 is 5.32 Å². The van der Waals surface area contributed by atoms with Crippen LogP contribution in [0.25, 0.3) is 0 Å². The van der Waals surface area contributed by atoms with Crippen molar-refractivity contribution >= 4 is 12.3 Å². The lowest BCUT2D eigenvalue weighted by molar-refractivity contribution is 0.0528. The molecule has 0 fully saturated rings. The van der Waals surface area contributed by atoms with Gasteiger partial charge in [0.15, 0.2) is 0 Å². The molecule has 0 bridgehead atoms. The monoisotopic (exact) mass is 294 g/mol. The van der Waals surface area contributed by atoms with Crippen molar-refractivity contribution in [3.63, 3.8) is 0 Å². The van der Waals surface area contributed by atoms with Crippen molar-refractivity contribution in [2.45, 2.75) is 46.6 Å². The summed E-state index contributed by atoms with van der Waals surface area (Å²) in [6.07, 6.45) is 8.16. The number of alkyl carbamates (subject to hydrolysis) is 1. The molecule has 0 aromatic carbocycles. The van der Waals surface area contributed by atoms with Gasteiger partial charge in [-0.3, -0.25) is 4.99 Å². The number of carbonyl (C=O) groups is 1. The van der Waals surface area contributed by atoms with Gasteiger partial charge in [-0.15, -0.1) is 0 Å². The van der Waals surface area contributed by atoms with E-state index in [2.05, 4.69) is 10.3 Å². The Morgan fingerprint density at radius 1 is 1.38 bits per heavy atom. The lowest BCUT2D eigenvalue weighted by Gasteiger charge is -2.19. The molecule has 0 rings (SSSR count). The maximum absolute atomic E-state index is 11.4. The fourth-order valence-corrected chi connectivity index (χ4v) is 1.20. The number of nitrogens with one attached hydrogen (secondary N) is 1. The number of ether oxygens (including phenoxy) is 1. The summed E-state index contributed by atoms with van der Waals surface area (Å²) in [4.78, 5) is 15.5. The van der Waals surface area contributed by atoms with E-state index >= 15 is 0 Å². The highest BCUT2D eigenvalue weighted by atomic mass is 16.6. The maximum atomic E-state index is 11.4. The smallest absolute Gasteiger partial charge is 0.407 e. The second-order valence-electron chi connectivity index (χ2n) is 5.47. The summed E-state index contributed by atoms with van der Waals surface area (Å²) < 4.78 is 5.10. The number of hydrogen-bond acceptors (Lipinski definition) is 4. The van der Waals surface area contributed by atoms with Gasteiger partial charge in [-0.25, -0.2) is 4.79 Å².